The Morgan fingerprint density at radius 3 is 2.50 bits per heavy atom. The summed E-state index contributed by atoms with van der Waals surface area (Å²) in [5, 5.41) is 3.40. The molecule has 0 radical (unpaired) electrons. The molecule has 0 aliphatic carbocycles. The first-order valence-corrected chi connectivity index (χ1v) is 6.35. The Hall–Kier alpha value is -1.29. The van der Waals surface area contributed by atoms with Crippen molar-refractivity contribution in [2.24, 2.45) is 5.92 Å². The highest BCUT2D eigenvalue weighted by atomic mass is 19.1. The van der Waals surface area contributed by atoms with Gasteiger partial charge in [0.1, 0.15) is 17.4 Å². The quantitative estimate of drug-likeness (QED) is 0.892. The van der Waals surface area contributed by atoms with Crippen molar-refractivity contribution in [2.75, 3.05) is 0 Å². The molecule has 3 unspecified atom stereocenters. The number of hydrogen-bond donors (Lipinski definition) is 1. The van der Waals surface area contributed by atoms with Crippen LogP contribution in [0.3, 0.4) is 0 Å². The fourth-order valence-electron chi connectivity index (χ4n) is 3.23. The number of benzene rings is 1. The predicted molar refractivity (Wildman–Crippen MR) is 63.1 cm³/mol. The molecule has 2 nitrogen and oxygen atoms in total. The van der Waals surface area contributed by atoms with Crippen LogP contribution in [0.5, 0.6) is 0 Å². The summed E-state index contributed by atoms with van der Waals surface area (Å²) in [5.74, 6) is -1.12. The Bertz CT molecular complexity index is 468. The molecule has 2 aliphatic rings. The molecule has 0 spiro atoms. The molecular formula is C14H15F2NO. The van der Waals surface area contributed by atoms with E-state index in [1.807, 2.05) is 0 Å². The number of halogens is 2. The van der Waals surface area contributed by atoms with Crippen LogP contribution in [0, 0.1) is 17.6 Å². The standard InChI is InChI=1S/C14H15F2NO/c15-9-3-8(4-10(16)6-9)5-14(18)12-7-11-1-2-13(12)17-11/h3-4,6,11-13,17H,1-2,5,7H2. The van der Waals surface area contributed by atoms with Crippen molar-refractivity contribution in [2.45, 2.75) is 37.8 Å². The van der Waals surface area contributed by atoms with Crippen molar-refractivity contribution < 1.29 is 13.6 Å². The number of rotatable bonds is 3. The van der Waals surface area contributed by atoms with Crippen molar-refractivity contribution in [3.63, 3.8) is 0 Å². The van der Waals surface area contributed by atoms with Crippen molar-refractivity contribution in [1.82, 2.24) is 5.32 Å². The van der Waals surface area contributed by atoms with Gasteiger partial charge in [-0.2, -0.15) is 0 Å². The van der Waals surface area contributed by atoms with E-state index in [-0.39, 0.29) is 24.2 Å². The van der Waals surface area contributed by atoms with E-state index in [2.05, 4.69) is 5.32 Å². The van der Waals surface area contributed by atoms with Gasteiger partial charge in [0.15, 0.2) is 0 Å². The molecule has 0 aromatic heterocycles. The van der Waals surface area contributed by atoms with Crippen LogP contribution in [0.15, 0.2) is 18.2 Å². The number of carbonyl (C=O) groups excluding carboxylic acids is 1. The highest BCUT2D eigenvalue weighted by Crippen LogP contribution is 2.34. The zero-order chi connectivity index (χ0) is 12.7. The maximum absolute atomic E-state index is 13.0. The van der Waals surface area contributed by atoms with Gasteiger partial charge < -0.3 is 5.32 Å². The van der Waals surface area contributed by atoms with Gasteiger partial charge in [-0.3, -0.25) is 4.79 Å². The van der Waals surface area contributed by atoms with Gasteiger partial charge in [-0.05, 0) is 37.0 Å². The maximum atomic E-state index is 13.0. The molecule has 1 N–H and O–H groups in total. The Morgan fingerprint density at radius 2 is 1.94 bits per heavy atom. The number of ketones is 1. The molecule has 2 aliphatic heterocycles. The number of hydrogen-bond acceptors (Lipinski definition) is 2. The first-order valence-electron chi connectivity index (χ1n) is 6.35. The van der Waals surface area contributed by atoms with E-state index in [4.69, 9.17) is 0 Å². The number of fused-ring (bicyclic) bond motifs is 2. The molecule has 1 aromatic carbocycles. The smallest absolute Gasteiger partial charge is 0.141 e. The van der Waals surface area contributed by atoms with Gasteiger partial charge in [-0.15, -0.1) is 0 Å². The molecule has 4 heteroatoms. The molecule has 96 valence electrons. The lowest BCUT2D eigenvalue weighted by atomic mass is 9.84. The van der Waals surface area contributed by atoms with E-state index in [1.165, 1.54) is 12.1 Å². The fraction of sp³-hybridized carbons (Fsp3) is 0.500. The van der Waals surface area contributed by atoms with E-state index in [0.717, 1.165) is 25.3 Å². The summed E-state index contributed by atoms with van der Waals surface area (Å²) in [6, 6.07) is 4.05. The minimum Gasteiger partial charge on any atom is -0.310 e. The average Bonchev–Trinajstić information content (AvgIpc) is 2.88. The molecule has 2 fully saturated rings. The first kappa shape index (κ1) is 11.8. The summed E-state index contributed by atoms with van der Waals surface area (Å²) in [4.78, 5) is 12.1. The third-order valence-corrected chi connectivity index (χ3v) is 4.01. The largest absolute Gasteiger partial charge is 0.310 e. The molecule has 3 atom stereocenters. The van der Waals surface area contributed by atoms with E-state index < -0.39 is 11.6 Å². The third-order valence-electron chi connectivity index (χ3n) is 4.01. The molecule has 0 amide bonds. The second-order valence-corrected chi connectivity index (χ2v) is 5.31. The minimum absolute atomic E-state index is 0.0232. The molecule has 18 heavy (non-hydrogen) atoms. The van der Waals surface area contributed by atoms with Crippen LogP contribution in [-0.4, -0.2) is 17.9 Å². The average molecular weight is 251 g/mol. The Balaban J connectivity index is 1.70. The molecule has 0 saturated carbocycles. The molecule has 2 heterocycles. The maximum Gasteiger partial charge on any atom is 0.141 e. The SMILES string of the molecule is O=C(Cc1cc(F)cc(F)c1)C1CC2CCC1N2. The van der Waals surface area contributed by atoms with Crippen LogP contribution in [0.4, 0.5) is 8.78 Å². The van der Waals surface area contributed by atoms with E-state index in [9.17, 15) is 13.6 Å². The summed E-state index contributed by atoms with van der Waals surface area (Å²) in [6.45, 7) is 0. The highest BCUT2D eigenvalue weighted by Gasteiger charge is 2.42. The third kappa shape index (κ3) is 2.17. The summed E-state index contributed by atoms with van der Waals surface area (Å²) in [7, 11) is 0. The van der Waals surface area contributed by atoms with Crippen molar-refractivity contribution in [3.8, 4) is 0 Å². The summed E-state index contributed by atoms with van der Waals surface area (Å²) in [5.41, 5.74) is 0.431. The molecule has 2 saturated heterocycles. The molecule has 2 bridgehead atoms. The van der Waals surface area contributed by atoms with E-state index in [1.54, 1.807) is 0 Å². The van der Waals surface area contributed by atoms with Gasteiger partial charge >= 0.3 is 0 Å². The van der Waals surface area contributed by atoms with Crippen molar-refractivity contribution >= 4 is 5.78 Å². The topological polar surface area (TPSA) is 29.1 Å². The van der Waals surface area contributed by atoms with Crippen LogP contribution in [0.1, 0.15) is 24.8 Å². The van der Waals surface area contributed by atoms with Crippen LogP contribution >= 0.6 is 0 Å². The number of carbonyl (C=O) groups is 1. The summed E-state index contributed by atoms with van der Waals surface area (Å²) in [6.07, 6.45) is 3.19. The second kappa shape index (κ2) is 4.43. The van der Waals surface area contributed by atoms with E-state index >= 15 is 0 Å². The van der Waals surface area contributed by atoms with Crippen LogP contribution in [-0.2, 0) is 11.2 Å². The lowest BCUT2D eigenvalue weighted by molar-refractivity contribution is -0.122. The lowest BCUT2D eigenvalue weighted by Crippen LogP contribution is -2.29. The van der Waals surface area contributed by atoms with E-state index in [0.29, 0.717) is 11.6 Å². The van der Waals surface area contributed by atoms with Crippen LogP contribution < -0.4 is 5.32 Å². The first-order chi connectivity index (χ1) is 8.61. The highest BCUT2D eigenvalue weighted by molar-refractivity contribution is 5.84. The molecule has 1 aromatic rings. The van der Waals surface area contributed by atoms with Crippen molar-refractivity contribution in [3.05, 3.63) is 35.4 Å². The van der Waals surface area contributed by atoms with Gasteiger partial charge in [0.2, 0.25) is 0 Å². The van der Waals surface area contributed by atoms with Crippen LogP contribution in [0.2, 0.25) is 0 Å². The number of Topliss-reactive ketones (excluding diaryl/α,β-unsaturated/α-hetero) is 1. The zero-order valence-corrected chi connectivity index (χ0v) is 9.96. The summed E-state index contributed by atoms with van der Waals surface area (Å²) >= 11 is 0. The lowest BCUT2D eigenvalue weighted by Gasteiger charge is -2.18. The normalized spacial score (nSPS) is 29.8. The predicted octanol–water partition coefficient (Wildman–Crippen LogP) is 2.22. The Morgan fingerprint density at radius 1 is 1.22 bits per heavy atom. The van der Waals surface area contributed by atoms with Gasteiger partial charge in [0.25, 0.3) is 0 Å². The zero-order valence-electron chi connectivity index (χ0n) is 9.96. The van der Waals surface area contributed by atoms with Gasteiger partial charge in [0, 0.05) is 30.5 Å². The second-order valence-electron chi connectivity index (χ2n) is 5.31. The van der Waals surface area contributed by atoms with Crippen LogP contribution in [0.25, 0.3) is 0 Å². The fourth-order valence-corrected chi connectivity index (χ4v) is 3.23. The molecular weight excluding hydrogens is 236 g/mol. The monoisotopic (exact) mass is 251 g/mol. The Kier molecular flexibility index (Phi) is 2.90. The van der Waals surface area contributed by atoms with Crippen molar-refractivity contribution in [1.29, 1.82) is 0 Å². The molecule has 3 rings (SSSR count). The van der Waals surface area contributed by atoms with Gasteiger partial charge in [-0.25, -0.2) is 8.78 Å². The van der Waals surface area contributed by atoms with Gasteiger partial charge in [0.05, 0.1) is 0 Å². The summed E-state index contributed by atoms with van der Waals surface area (Å²) < 4.78 is 26.1. The number of nitrogens with one attached hydrogen (secondary N) is 1. The Labute approximate surface area is 104 Å². The van der Waals surface area contributed by atoms with Gasteiger partial charge in [-0.1, -0.05) is 0 Å². The minimum atomic E-state index is -0.621.